The van der Waals surface area contributed by atoms with Crippen molar-refractivity contribution in [1.82, 2.24) is 5.32 Å². The number of carbonyl (C=O) groups excluding carboxylic acids is 2. The molecule has 0 aromatic heterocycles. The topological polar surface area (TPSA) is 78.4 Å². The Balaban J connectivity index is 1.71. The summed E-state index contributed by atoms with van der Waals surface area (Å²) in [7, 11) is 0. The van der Waals surface area contributed by atoms with Crippen molar-refractivity contribution in [3.8, 4) is 0 Å². The molecule has 1 aliphatic heterocycles. The highest BCUT2D eigenvalue weighted by Gasteiger charge is 2.21. The molecule has 1 unspecified atom stereocenters. The van der Waals surface area contributed by atoms with Crippen LogP contribution >= 0.6 is 0 Å². The van der Waals surface area contributed by atoms with Crippen LogP contribution in [0.5, 0.6) is 0 Å². The highest BCUT2D eigenvalue weighted by atomic mass is 19.1. The van der Waals surface area contributed by atoms with E-state index < -0.39 is 17.8 Å². The van der Waals surface area contributed by atoms with Gasteiger partial charge in [0.15, 0.2) is 0 Å². The van der Waals surface area contributed by atoms with Gasteiger partial charge in [0.05, 0.1) is 11.7 Å². The van der Waals surface area contributed by atoms with Gasteiger partial charge < -0.3 is 15.7 Å². The van der Waals surface area contributed by atoms with Crippen LogP contribution in [0, 0.1) is 12.7 Å². The molecule has 1 heterocycles. The van der Waals surface area contributed by atoms with Gasteiger partial charge in [-0.25, -0.2) is 4.39 Å². The third-order valence-electron chi connectivity index (χ3n) is 4.34. The number of amides is 2. The maximum absolute atomic E-state index is 14.2. The molecular formula is C19H19FN2O3. The minimum absolute atomic E-state index is 0.0169. The van der Waals surface area contributed by atoms with E-state index in [1.807, 2.05) is 25.1 Å². The van der Waals surface area contributed by atoms with Gasteiger partial charge in [-0.1, -0.05) is 24.3 Å². The number of benzene rings is 2. The zero-order valence-electron chi connectivity index (χ0n) is 13.8. The first-order valence-electron chi connectivity index (χ1n) is 8.10. The molecule has 2 aromatic rings. The molecule has 6 heteroatoms. The van der Waals surface area contributed by atoms with Crippen molar-refractivity contribution in [1.29, 1.82) is 0 Å². The van der Waals surface area contributed by atoms with E-state index in [4.69, 9.17) is 0 Å². The summed E-state index contributed by atoms with van der Waals surface area (Å²) >= 11 is 0. The zero-order chi connectivity index (χ0) is 18.0. The molecule has 130 valence electrons. The summed E-state index contributed by atoms with van der Waals surface area (Å²) in [5, 5.41) is 15.4. The summed E-state index contributed by atoms with van der Waals surface area (Å²) in [6.45, 7) is 1.86. The maximum Gasteiger partial charge on any atom is 0.254 e. The average molecular weight is 342 g/mol. The molecule has 0 spiro atoms. The fourth-order valence-electron chi connectivity index (χ4n) is 2.93. The molecule has 0 saturated heterocycles. The van der Waals surface area contributed by atoms with Gasteiger partial charge in [-0.2, -0.15) is 0 Å². The predicted molar refractivity (Wildman–Crippen MR) is 91.8 cm³/mol. The number of hydrogen-bond donors (Lipinski definition) is 3. The van der Waals surface area contributed by atoms with Gasteiger partial charge in [-0.3, -0.25) is 9.59 Å². The van der Waals surface area contributed by atoms with Crippen molar-refractivity contribution in [2.24, 2.45) is 0 Å². The largest absolute Gasteiger partial charge is 0.387 e. The Morgan fingerprint density at radius 1 is 1.32 bits per heavy atom. The van der Waals surface area contributed by atoms with Crippen molar-refractivity contribution in [3.05, 3.63) is 64.5 Å². The van der Waals surface area contributed by atoms with E-state index in [0.29, 0.717) is 18.5 Å². The number of aliphatic hydroxyl groups excluding tert-OH is 1. The molecular weight excluding hydrogens is 323 g/mol. The third-order valence-corrected chi connectivity index (χ3v) is 4.34. The number of hydrogen-bond acceptors (Lipinski definition) is 3. The normalized spacial score (nSPS) is 14.4. The Hall–Kier alpha value is -2.73. The minimum atomic E-state index is -0.870. The molecule has 0 radical (unpaired) electrons. The lowest BCUT2D eigenvalue weighted by Crippen LogP contribution is -2.30. The number of fused-ring (bicyclic) bond motifs is 1. The van der Waals surface area contributed by atoms with Gasteiger partial charge in [0, 0.05) is 18.7 Å². The lowest BCUT2D eigenvalue weighted by atomic mass is 9.99. The Bertz CT molecular complexity index is 835. The van der Waals surface area contributed by atoms with Gasteiger partial charge in [-0.15, -0.1) is 0 Å². The first-order chi connectivity index (χ1) is 12.0. The fourth-order valence-corrected chi connectivity index (χ4v) is 2.93. The second-order valence-electron chi connectivity index (χ2n) is 6.12. The van der Waals surface area contributed by atoms with Crippen LogP contribution in [0.4, 0.5) is 10.1 Å². The highest BCUT2D eigenvalue weighted by molar-refractivity contribution is 5.98. The number of carbonyl (C=O) groups is 2. The number of aryl methyl sites for hydroxylation is 2. The van der Waals surface area contributed by atoms with Gasteiger partial charge in [0.25, 0.3) is 5.91 Å². The molecule has 25 heavy (non-hydrogen) atoms. The summed E-state index contributed by atoms with van der Waals surface area (Å²) in [6.07, 6.45) is -0.0932. The molecule has 0 saturated carbocycles. The smallest absolute Gasteiger partial charge is 0.254 e. The van der Waals surface area contributed by atoms with Crippen molar-refractivity contribution in [2.75, 3.05) is 11.9 Å². The number of rotatable bonds is 4. The summed E-state index contributed by atoms with van der Waals surface area (Å²) < 4.78 is 14.2. The summed E-state index contributed by atoms with van der Waals surface area (Å²) in [5.74, 6) is -1.46. The summed E-state index contributed by atoms with van der Waals surface area (Å²) in [4.78, 5) is 23.6. The van der Waals surface area contributed by atoms with E-state index in [9.17, 15) is 19.1 Å². The van der Waals surface area contributed by atoms with Crippen LogP contribution in [0.3, 0.4) is 0 Å². The van der Waals surface area contributed by atoms with E-state index in [1.165, 1.54) is 12.1 Å². The molecule has 5 nitrogen and oxygen atoms in total. The van der Waals surface area contributed by atoms with Gasteiger partial charge >= 0.3 is 0 Å². The quantitative estimate of drug-likeness (QED) is 0.799. The lowest BCUT2D eigenvalue weighted by molar-refractivity contribution is -0.116. The molecule has 0 bridgehead atoms. The number of aliphatic hydroxyl groups is 1. The van der Waals surface area contributed by atoms with Crippen LogP contribution in [0.1, 0.15) is 39.6 Å². The van der Waals surface area contributed by atoms with Gasteiger partial charge in [-0.05, 0) is 42.2 Å². The SMILES string of the molecule is Cc1ccccc1C(O)CNC(=O)c1cc2c(cc1F)NC(=O)CC2. The third kappa shape index (κ3) is 3.69. The first kappa shape index (κ1) is 17.1. The molecule has 2 amide bonds. The number of halogens is 1. The van der Waals surface area contributed by atoms with Gasteiger partial charge in [0.1, 0.15) is 5.82 Å². The summed E-state index contributed by atoms with van der Waals surface area (Å²) in [6, 6.07) is 9.96. The van der Waals surface area contributed by atoms with E-state index in [2.05, 4.69) is 10.6 Å². The van der Waals surface area contributed by atoms with E-state index >= 15 is 0 Å². The van der Waals surface area contributed by atoms with E-state index in [-0.39, 0.29) is 18.0 Å². The van der Waals surface area contributed by atoms with Crippen LogP contribution in [0.2, 0.25) is 0 Å². The van der Waals surface area contributed by atoms with Crippen LogP contribution in [0.25, 0.3) is 0 Å². The molecule has 3 rings (SSSR count). The second kappa shape index (κ2) is 7.03. The van der Waals surface area contributed by atoms with Gasteiger partial charge in [0.2, 0.25) is 5.91 Å². The van der Waals surface area contributed by atoms with E-state index in [0.717, 1.165) is 16.7 Å². The highest BCUT2D eigenvalue weighted by Crippen LogP contribution is 2.26. The molecule has 2 aromatic carbocycles. The van der Waals surface area contributed by atoms with Crippen LogP contribution in [-0.4, -0.2) is 23.5 Å². The molecule has 0 fully saturated rings. The molecule has 3 N–H and O–H groups in total. The number of nitrogens with one attached hydrogen (secondary N) is 2. The van der Waals surface area contributed by atoms with Crippen LogP contribution in [0.15, 0.2) is 36.4 Å². The second-order valence-corrected chi connectivity index (χ2v) is 6.12. The zero-order valence-corrected chi connectivity index (χ0v) is 13.8. The maximum atomic E-state index is 14.2. The monoisotopic (exact) mass is 342 g/mol. The summed E-state index contributed by atoms with van der Waals surface area (Å²) in [5.41, 5.74) is 2.68. The van der Waals surface area contributed by atoms with Crippen LogP contribution < -0.4 is 10.6 Å². The van der Waals surface area contributed by atoms with Crippen molar-refractivity contribution >= 4 is 17.5 Å². The molecule has 1 aliphatic rings. The number of anilines is 1. The standard InChI is InChI=1S/C19H19FN2O3/c1-11-4-2-3-5-13(11)17(23)10-21-19(25)14-8-12-6-7-18(24)22-16(12)9-15(14)20/h2-5,8-9,17,23H,6-7,10H2,1H3,(H,21,25)(H,22,24). The molecule has 0 aliphatic carbocycles. The van der Waals surface area contributed by atoms with Crippen molar-refractivity contribution in [3.63, 3.8) is 0 Å². The van der Waals surface area contributed by atoms with E-state index in [1.54, 1.807) is 6.07 Å². The Morgan fingerprint density at radius 2 is 2.08 bits per heavy atom. The Morgan fingerprint density at radius 3 is 2.84 bits per heavy atom. The lowest BCUT2D eigenvalue weighted by Gasteiger charge is -2.19. The Labute approximate surface area is 144 Å². The van der Waals surface area contributed by atoms with Crippen molar-refractivity contribution in [2.45, 2.75) is 25.9 Å². The Kier molecular flexibility index (Phi) is 4.81. The fraction of sp³-hybridized carbons (Fsp3) is 0.263. The molecule has 1 atom stereocenters. The minimum Gasteiger partial charge on any atom is -0.387 e. The first-order valence-corrected chi connectivity index (χ1v) is 8.10. The predicted octanol–water partition coefficient (Wildman–Crippen LogP) is 2.48. The van der Waals surface area contributed by atoms with Crippen LogP contribution in [-0.2, 0) is 11.2 Å². The average Bonchev–Trinajstić information content (AvgIpc) is 2.59. The van der Waals surface area contributed by atoms with Crippen molar-refractivity contribution < 1.29 is 19.1 Å².